The zero-order chi connectivity index (χ0) is 23.8. The fraction of sp³-hybridized carbons (Fsp3) is 0.292. The van der Waals surface area contributed by atoms with Gasteiger partial charge in [-0.25, -0.2) is 9.78 Å². The van der Waals surface area contributed by atoms with Gasteiger partial charge in [0.1, 0.15) is 24.7 Å². The highest BCUT2D eigenvalue weighted by Gasteiger charge is 2.19. The van der Waals surface area contributed by atoms with Crippen molar-refractivity contribution in [3.63, 3.8) is 0 Å². The molecule has 0 bridgehead atoms. The van der Waals surface area contributed by atoms with E-state index in [-0.39, 0.29) is 13.2 Å². The Labute approximate surface area is 196 Å². The second-order valence-corrected chi connectivity index (χ2v) is 7.85. The molecule has 1 N–H and O–H groups in total. The number of aromatic nitrogens is 1. The molecule has 0 aliphatic rings. The van der Waals surface area contributed by atoms with Crippen molar-refractivity contribution in [2.75, 3.05) is 13.2 Å². The second kappa shape index (κ2) is 11.4. The zero-order valence-corrected chi connectivity index (χ0v) is 19.2. The van der Waals surface area contributed by atoms with Gasteiger partial charge in [-0.15, -0.1) is 0 Å². The zero-order valence-electron chi connectivity index (χ0n) is 18.4. The molecule has 0 aliphatic carbocycles. The standard InChI is InChI=1S/C24H25ClN2O6/c1-16-22(26-17(2)33-16)9-10-31-21-8-4-5-18(12-21)13-27(14-23(28)29)24(30)32-15-19-6-3-7-20(25)11-19/h3-8,11-12H,9-10,13-15H2,1-2H3,(H,28,29). The number of carbonyl (C=O) groups excluding carboxylic acids is 1. The molecule has 8 nitrogen and oxygen atoms in total. The Morgan fingerprint density at radius 2 is 1.88 bits per heavy atom. The van der Waals surface area contributed by atoms with Crippen LogP contribution in [0.4, 0.5) is 4.79 Å². The molecule has 0 radical (unpaired) electrons. The van der Waals surface area contributed by atoms with Crippen molar-refractivity contribution in [2.45, 2.75) is 33.4 Å². The maximum Gasteiger partial charge on any atom is 0.410 e. The van der Waals surface area contributed by atoms with Crippen molar-refractivity contribution in [3.05, 3.63) is 82.0 Å². The number of oxazole rings is 1. The number of halogens is 1. The van der Waals surface area contributed by atoms with Crippen molar-refractivity contribution in [2.24, 2.45) is 0 Å². The van der Waals surface area contributed by atoms with Gasteiger partial charge in [0, 0.05) is 24.9 Å². The first-order valence-electron chi connectivity index (χ1n) is 10.3. The Morgan fingerprint density at radius 3 is 2.58 bits per heavy atom. The minimum Gasteiger partial charge on any atom is -0.493 e. The van der Waals surface area contributed by atoms with E-state index in [4.69, 9.17) is 25.5 Å². The van der Waals surface area contributed by atoms with Gasteiger partial charge in [0.05, 0.1) is 12.3 Å². The van der Waals surface area contributed by atoms with Crippen molar-refractivity contribution < 1.29 is 28.6 Å². The average Bonchev–Trinajstić information content (AvgIpc) is 3.08. The second-order valence-electron chi connectivity index (χ2n) is 7.42. The van der Waals surface area contributed by atoms with Crippen LogP contribution in [-0.2, 0) is 29.1 Å². The van der Waals surface area contributed by atoms with Gasteiger partial charge in [-0.05, 0) is 42.3 Å². The van der Waals surface area contributed by atoms with E-state index in [0.29, 0.717) is 40.8 Å². The number of ether oxygens (including phenoxy) is 2. The number of rotatable bonds is 10. The van der Waals surface area contributed by atoms with Crippen LogP contribution >= 0.6 is 11.6 Å². The SMILES string of the molecule is Cc1nc(CCOc2cccc(CN(CC(=O)O)C(=O)OCc3cccc(Cl)c3)c2)c(C)o1. The van der Waals surface area contributed by atoms with Crippen molar-refractivity contribution in [3.8, 4) is 5.75 Å². The summed E-state index contributed by atoms with van der Waals surface area (Å²) in [5, 5.41) is 9.75. The molecule has 0 saturated heterocycles. The molecule has 0 spiro atoms. The van der Waals surface area contributed by atoms with Crippen LogP contribution in [0.2, 0.25) is 5.02 Å². The van der Waals surface area contributed by atoms with Crippen molar-refractivity contribution in [1.82, 2.24) is 9.88 Å². The number of hydrogen-bond acceptors (Lipinski definition) is 6. The summed E-state index contributed by atoms with van der Waals surface area (Å²) in [4.78, 5) is 29.3. The number of aryl methyl sites for hydroxylation is 2. The summed E-state index contributed by atoms with van der Waals surface area (Å²) in [5.74, 6) is 0.851. The molecule has 3 aromatic rings. The Balaban J connectivity index is 1.59. The number of hydrogen-bond donors (Lipinski definition) is 1. The Bertz CT molecular complexity index is 1110. The molecule has 9 heteroatoms. The molecule has 1 heterocycles. The molecule has 1 amide bonds. The van der Waals surface area contributed by atoms with Crippen LogP contribution in [0.1, 0.15) is 28.5 Å². The third kappa shape index (κ3) is 7.54. The molecular weight excluding hydrogens is 448 g/mol. The van der Waals surface area contributed by atoms with E-state index in [1.165, 1.54) is 0 Å². The molecule has 174 valence electrons. The van der Waals surface area contributed by atoms with Gasteiger partial charge in [-0.3, -0.25) is 9.69 Å². The number of carboxylic acid groups (broad SMARTS) is 1. The summed E-state index contributed by atoms with van der Waals surface area (Å²) in [6, 6.07) is 14.0. The summed E-state index contributed by atoms with van der Waals surface area (Å²) >= 11 is 5.94. The maximum atomic E-state index is 12.5. The molecule has 0 aliphatic heterocycles. The molecule has 0 atom stereocenters. The van der Waals surface area contributed by atoms with Gasteiger partial charge in [-0.1, -0.05) is 35.9 Å². The molecular formula is C24H25ClN2O6. The van der Waals surface area contributed by atoms with E-state index in [1.807, 2.05) is 6.92 Å². The lowest BCUT2D eigenvalue weighted by molar-refractivity contribution is -0.138. The lowest BCUT2D eigenvalue weighted by atomic mass is 10.2. The topological polar surface area (TPSA) is 102 Å². The monoisotopic (exact) mass is 472 g/mol. The summed E-state index contributed by atoms with van der Waals surface area (Å²) in [6.07, 6.45) is -0.144. The normalized spacial score (nSPS) is 10.6. The number of benzene rings is 2. The molecule has 0 unspecified atom stereocenters. The first-order valence-corrected chi connectivity index (χ1v) is 10.7. The van der Waals surface area contributed by atoms with Crippen LogP contribution in [0.5, 0.6) is 5.75 Å². The first-order chi connectivity index (χ1) is 15.8. The van der Waals surface area contributed by atoms with E-state index in [2.05, 4.69) is 4.98 Å². The van der Waals surface area contributed by atoms with Gasteiger partial charge in [0.2, 0.25) is 0 Å². The molecule has 0 fully saturated rings. The van der Waals surface area contributed by atoms with Crippen LogP contribution < -0.4 is 4.74 Å². The molecule has 33 heavy (non-hydrogen) atoms. The fourth-order valence-electron chi connectivity index (χ4n) is 3.23. The van der Waals surface area contributed by atoms with E-state index in [9.17, 15) is 14.7 Å². The highest BCUT2D eigenvalue weighted by Crippen LogP contribution is 2.18. The lowest BCUT2D eigenvalue weighted by Crippen LogP contribution is -2.35. The minimum absolute atomic E-state index is 0.0143. The predicted octanol–water partition coefficient (Wildman–Crippen LogP) is 4.79. The van der Waals surface area contributed by atoms with Crippen LogP contribution in [0.25, 0.3) is 0 Å². The van der Waals surface area contributed by atoms with Gasteiger partial charge in [0.25, 0.3) is 0 Å². The van der Waals surface area contributed by atoms with E-state index in [1.54, 1.807) is 55.5 Å². The van der Waals surface area contributed by atoms with Gasteiger partial charge in [0.15, 0.2) is 5.89 Å². The minimum atomic E-state index is -1.14. The van der Waals surface area contributed by atoms with E-state index >= 15 is 0 Å². The quantitative estimate of drug-likeness (QED) is 0.452. The molecule has 1 aromatic heterocycles. The average molecular weight is 473 g/mol. The highest BCUT2D eigenvalue weighted by atomic mass is 35.5. The van der Waals surface area contributed by atoms with E-state index < -0.39 is 18.6 Å². The Kier molecular flexibility index (Phi) is 8.32. The van der Waals surface area contributed by atoms with Crippen LogP contribution in [-0.4, -0.2) is 40.2 Å². The maximum absolute atomic E-state index is 12.5. The van der Waals surface area contributed by atoms with Gasteiger partial charge in [-0.2, -0.15) is 0 Å². The fourth-order valence-corrected chi connectivity index (χ4v) is 3.45. The predicted molar refractivity (Wildman–Crippen MR) is 121 cm³/mol. The first kappa shape index (κ1) is 24.1. The summed E-state index contributed by atoms with van der Waals surface area (Å²) in [5.41, 5.74) is 2.26. The number of amides is 1. The number of carboxylic acids is 1. The molecule has 3 rings (SSSR count). The van der Waals surface area contributed by atoms with Crippen LogP contribution in [0.15, 0.2) is 52.9 Å². The largest absolute Gasteiger partial charge is 0.493 e. The third-order valence-electron chi connectivity index (χ3n) is 4.71. The van der Waals surface area contributed by atoms with Gasteiger partial charge >= 0.3 is 12.1 Å². The number of aliphatic carboxylic acids is 1. The number of nitrogens with zero attached hydrogens (tertiary/aromatic N) is 2. The van der Waals surface area contributed by atoms with Gasteiger partial charge < -0.3 is 19.0 Å². The van der Waals surface area contributed by atoms with Crippen molar-refractivity contribution in [1.29, 1.82) is 0 Å². The Hall–Kier alpha value is -3.52. The van der Waals surface area contributed by atoms with E-state index in [0.717, 1.165) is 16.4 Å². The summed E-state index contributed by atoms with van der Waals surface area (Å²) in [7, 11) is 0. The van der Waals surface area contributed by atoms with Crippen molar-refractivity contribution >= 4 is 23.7 Å². The lowest BCUT2D eigenvalue weighted by Gasteiger charge is -2.21. The third-order valence-corrected chi connectivity index (χ3v) is 4.95. The van der Waals surface area contributed by atoms with Crippen LogP contribution in [0.3, 0.4) is 0 Å². The van der Waals surface area contributed by atoms with Crippen LogP contribution in [0, 0.1) is 13.8 Å². The smallest absolute Gasteiger partial charge is 0.410 e. The summed E-state index contributed by atoms with van der Waals surface area (Å²) < 4.78 is 16.5. The summed E-state index contributed by atoms with van der Waals surface area (Å²) in [6.45, 7) is 3.60. The molecule has 0 saturated carbocycles. The molecule has 2 aromatic carbocycles. The number of carbonyl (C=O) groups is 2. The Morgan fingerprint density at radius 1 is 1.12 bits per heavy atom. The highest BCUT2D eigenvalue weighted by molar-refractivity contribution is 6.30.